The molecule has 0 fully saturated rings. The van der Waals surface area contributed by atoms with E-state index in [1.807, 2.05) is 30.3 Å². The zero-order valence-corrected chi connectivity index (χ0v) is 25.0. The molecule has 1 aliphatic heterocycles. The van der Waals surface area contributed by atoms with E-state index >= 15 is 0 Å². The van der Waals surface area contributed by atoms with Crippen LogP contribution in [0.4, 0.5) is 0 Å². The highest BCUT2D eigenvalue weighted by molar-refractivity contribution is 9.10. The maximum Gasteiger partial charge on any atom is 0.338 e. The van der Waals surface area contributed by atoms with Crippen LogP contribution in [0.25, 0.3) is 17.4 Å². The highest BCUT2D eigenvalue weighted by Gasteiger charge is 2.34. The number of carbonyl (C=O) groups excluding carboxylic acids is 2. The van der Waals surface area contributed by atoms with Gasteiger partial charge >= 0.3 is 11.9 Å². The molecule has 0 saturated carbocycles. The summed E-state index contributed by atoms with van der Waals surface area (Å²) < 4.78 is 24.9. The Morgan fingerprint density at radius 1 is 1.12 bits per heavy atom. The Kier molecular flexibility index (Phi) is 8.09. The van der Waals surface area contributed by atoms with Crippen LogP contribution in [0.1, 0.15) is 38.1 Å². The molecule has 9 nitrogen and oxygen atoms in total. The van der Waals surface area contributed by atoms with Crippen molar-refractivity contribution in [3.63, 3.8) is 0 Å². The first kappa shape index (κ1) is 28.3. The number of thiazole rings is 1. The van der Waals surface area contributed by atoms with Gasteiger partial charge < -0.3 is 18.6 Å². The third kappa shape index (κ3) is 5.68. The van der Waals surface area contributed by atoms with E-state index in [4.69, 9.17) is 18.6 Å². The second-order valence-electron chi connectivity index (χ2n) is 9.02. The Labute approximate surface area is 247 Å². The molecule has 1 atom stereocenters. The topological polar surface area (TPSA) is 109 Å². The van der Waals surface area contributed by atoms with E-state index in [9.17, 15) is 14.4 Å². The number of benzene rings is 2. The summed E-state index contributed by atoms with van der Waals surface area (Å²) in [4.78, 5) is 43.6. The molecule has 0 radical (unpaired) electrons. The summed E-state index contributed by atoms with van der Waals surface area (Å²) in [5.74, 6) is 0.561. The molecular formula is C30H25BrN2O7S. The average Bonchev–Trinajstić information content (AvgIpc) is 3.52. The van der Waals surface area contributed by atoms with Crippen LogP contribution < -0.4 is 24.4 Å². The van der Waals surface area contributed by atoms with Gasteiger partial charge in [-0.3, -0.25) is 14.2 Å². The summed E-state index contributed by atoms with van der Waals surface area (Å²) in [6.07, 6.45) is 1.66. The molecule has 2 aromatic heterocycles. The molecule has 4 aromatic rings. The van der Waals surface area contributed by atoms with Gasteiger partial charge in [0, 0.05) is 23.0 Å². The Bertz CT molecular complexity index is 1870. The quantitative estimate of drug-likeness (QED) is 0.213. The molecule has 41 heavy (non-hydrogen) atoms. The lowest BCUT2D eigenvalue weighted by Gasteiger charge is -2.25. The van der Waals surface area contributed by atoms with Crippen molar-refractivity contribution in [3.8, 4) is 22.8 Å². The smallest absolute Gasteiger partial charge is 0.338 e. The van der Waals surface area contributed by atoms with Crippen LogP contribution in [0, 0.1) is 0 Å². The zero-order valence-electron chi connectivity index (χ0n) is 22.6. The fourth-order valence-corrected chi connectivity index (χ4v) is 5.82. The van der Waals surface area contributed by atoms with E-state index in [0.717, 1.165) is 10.0 Å². The van der Waals surface area contributed by atoms with Crippen LogP contribution in [0.2, 0.25) is 0 Å². The zero-order chi connectivity index (χ0) is 29.3. The first-order valence-electron chi connectivity index (χ1n) is 12.6. The average molecular weight is 638 g/mol. The summed E-state index contributed by atoms with van der Waals surface area (Å²) >= 11 is 4.62. The molecule has 0 amide bonds. The van der Waals surface area contributed by atoms with Crippen LogP contribution in [-0.2, 0) is 14.3 Å². The highest BCUT2D eigenvalue weighted by atomic mass is 79.9. The lowest BCUT2D eigenvalue weighted by atomic mass is 9.95. The maximum absolute atomic E-state index is 13.9. The summed E-state index contributed by atoms with van der Waals surface area (Å²) in [5.41, 5.74) is 1.76. The van der Waals surface area contributed by atoms with Gasteiger partial charge in [0.2, 0.25) is 0 Å². The van der Waals surface area contributed by atoms with Crippen molar-refractivity contribution < 1.29 is 28.2 Å². The SMILES string of the molecule is CCOC(=O)C1=C(C)N=c2s/c(=C/c3ccc(-c4ccc(Br)cc4)o3)c(=O)n2C1c1ccc(OC(C)=O)c(OC)c1. The normalized spacial score (nSPS) is 14.9. The van der Waals surface area contributed by atoms with Gasteiger partial charge in [0.1, 0.15) is 11.5 Å². The Morgan fingerprint density at radius 2 is 1.88 bits per heavy atom. The Balaban J connectivity index is 1.64. The monoisotopic (exact) mass is 636 g/mol. The number of rotatable bonds is 7. The van der Waals surface area contributed by atoms with Gasteiger partial charge in [-0.1, -0.05) is 45.5 Å². The fourth-order valence-electron chi connectivity index (χ4n) is 4.53. The number of methoxy groups -OCH3 is 1. The van der Waals surface area contributed by atoms with Gasteiger partial charge in [-0.05, 0) is 55.8 Å². The molecule has 5 rings (SSSR count). The van der Waals surface area contributed by atoms with Gasteiger partial charge in [0.25, 0.3) is 5.56 Å². The van der Waals surface area contributed by atoms with Crippen molar-refractivity contribution in [2.24, 2.45) is 4.99 Å². The summed E-state index contributed by atoms with van der Waals surface area (Å²) in [6.45, 7) is 4.86. The number of nitrogens with zero attached hydrogens (tertiary/aromatic N) is 2. The fraction of sp³-hybridized carbons (Fsp3) is 0.200. The van der Waals surface area contributed by atoms with E-state index in [0.29, 0.717) is 32.1 Å². The van der Waals surface area contributed by atoms with E-state index in [-0.39, 0.29) is 29.2 Å². The Hall–Kier alpha value is -4.22. The Morgan fingerprint density at radius 3 is 2.56 bits per heavy atom. The van der Waals surface area contributed by atoms with Crippen LogP contribution >= 0.6 is 27.3 Å². The first-order chi connectivity index (χ1) is 19.7. The molecule has 0 spiro atoms. The number of fused-ring (bicyclic) bond motifs is 1. The minimum absolute atomic E-state index is 0.153. The van der Waals surface area contributed by atoms with E-state index < -0.39 is 18.0 Å². The number of aromatic nitrogens is 1. The summed E-state index contributed by atoms with van der Waals surface area (Å²) in [5, 5.41) is 0. The van der Waals surface area contributed by atoms with Crippen molar-refractivity contribution in [2.75, 3.05) is 13.7 Å². The predicted octanol–water partition coefficient (Wildman–Crippen LogP) is 4.75. The van der Waals surface area contributed by atoms with Gasteiger partial charge in [-0.25, -0.2) is 9.79 Å². The van der Waals surface area contributed by atoms with Crippen molar-refractivity contribution >= 4 is 45.3 Å². The molecule has 1 unspecified atom stereocenters. The second kappa shape index (κ2) is 11.7. The number of hydrogen-bond donors (Lipinski definition) is 0. The minimum Gasteiger partial charge on any atom is -0.493 e. The largest absolute Gasteiger partial charge is 0.493 e. The molecule has 2 aromatic carbocycles. The number of furan rings is 1. The third-order valence-electron chi connectivity index (χ3n) is 6.30. The van der Waals surface area contributed by atoms with Crippen LogP contribution in [0.15, 0.2) is 84.5 Å². The van der Waals surface area contributed by atoms with Crippen molar-refractivity contribution in [1.82, 2.24) is 4.57 Å². The van der Waals surface area contributed by atoms with Gasteiger partial charge in [0.15, 0.2) is 16.3 Å². The second-order valence-corrected chi connectivity index (χ2v) is 10.9. The molecule has 0 saturated heterocycles. The first-order valence-corrected chi connectivity index (χ1v) is 14.2. The number of esters is 2. The molecule has 1 aliphatic rings. The molecule has 210 valence electrons. The number of hydrogen-bond acceptors (Lipinski definition) is 9. The molecule has 0 bridgehead atoms. The van der Waals surface area contributed by atoms with E-state index in [2.05, 4.69) is 20.9 Å². The number of halogens is 1. The lowest BCUT2D eigenvalue weighted by molar-refractivity contribution is -0.139. The number of allylic oxidation sites excluding steroid dienone is 1. The van der Waals surface area contributed by atoms with Crippen molar-refractivity contribution in [3.05, 3.63) is 101 Å². The minimum atomic E-state index is -0.859. The van der Waals surface area contributed by atoms with Crippen LogP contribution in [-0.4, -0.2) is 30.2 Å². The van der Waals surface area contributed by atoms with Crippen molar-refractivity contribution in [1.29, 1.82) is 0 Å². The van der Waals surface area contributed by atoms with Gasteiger partial charge in [-0.2, -0.15) is 0 Å². The standard InChI is InChI=1S/C30H25BrN2O7S/c1-5-38-29(36)26-16(2)32-30-33(27(26)19-8-12-23(39-17(3)34)24(14-19)37-4)28(35)25(41-30)15-21-11-13-22(40-21)18-6-9-20(31)10-7-18/h6-15,27H,5H2,1-4H3/b25-15+. The highest BCUT2D eigenvalue weighted by Crippen LogP contribution is 2.36. The predicted molar refractivity (Wildman–Crippen MR) is 157 cm³/mol. The van der Waals surface area contributed by atoms with E-state index in [1.165, 1.54) is 29.9 Å². The van der Waals surface area contributed by atoms with E-state index in [1.54, 1.807) is 44.2 Å². The van der Waals surface area contributed by atoms with Gasteiger partial charge in [0.05, 0.1) is 35.6 Å². The van der Waals surface area contributed by atoms with Crippen LogP contribution in [0.3, 0.4) is 0 Å². The summed E-state index contributed by atoms with van der Waals surface area (Å²) in [6, 6.07) is 15.4. The third-order valence-corrected chi connectivity index (χ3v) is 7.81. The lowest BCUT2D eigenvalue weighted by Crippen LogP contribution is -2.39. The van der Waals surface area contributed by atoms with Crippen molar-refractivity contribution in [2.45, 2.75) is 26.8 Å². The molecule has 11 heteroatoms. The molecular weight excluding hydrogens is 612 g/mol. The summed E-state index contributed by atoms with van der Waals surface area (Å²) in [7, 11) is 1.44. The van der Waals surface area contributed by atoms with Gasteiger partial charge in [-0.15, -0.1) is 0 Å². The number of ether oxygens (including phenoxy) is 3. The van der Waals surface area contributed by atoms with Crippen LogP contribution in [0.5, 0.6) is 11.5 Å². The molecule has 0 aliphatic carbocycles. The number of carbonyl (C=O) groups is 2. The molecule has 0 N–H and O–H groups in total. The maximum atomic E-state index is 13.9. The molecule has 3 heterocycles.